The summed E-state index contributed by atoms with van der Waals surface area (Å²) in [6.45, 7) is 0.824. The van der Waals surface area contributed by atoms with E-state index in [2.05, 4.69) is 0 Å². The molecule has 1 heterocycles. The van der Waals surface area contributed by atoms with Crippen LogP contribution in [0, 0.1) is 21.4 Å². The zero-order valence-corrected chi connectivity index (χ0v) is 14.5. The van der Waals surface area contributed by atoms with Crippen molar-refractivity contribution in [1.29, 1.82) is 5.26 Å². The molecule has 1 aliphatic rings. The molecule has 9 heteroatoms. The number of nitriles is 1. The molecule has 0 amide bonds. The lowest BCUT2D eigenvalue weighted by Crippen LogP contribution is -2.27. The van der Waals surface area contributed by atoms with Crippen LogP contribution in [-0.2, 0) is 10.0 Å². The third kappa shape index (κ3) is 3.51. The number of rotatable bonds is 5. The Morgan fingerprint density at radius 3 is 2.54 bits per heavy atom. The number of hydrogen-bond donors (Lipinski definition) is 0. The van der Waals surface area contributed by atoms with Crippen LogP contribution in [0.4, 0.5) is 5.69 Å². The average molecular weight is 373 g/mol. The number of hydrogen-bond acceptors (Lipinski definition) is 6. The maximum atomic E-state index is 12.6. The fourth-order valence-electron chi connectivity index (χ4n) is 2.72. The van der Waals surface area contributed by atoms with Gasteiger partial charge >= 0.3 is 5.69 Å². The minimum Gasteiger partial charge on any atom is -0.450 e. The largest absolute Gasteiger partial charge is 0.450 e. The third-order valence-electron chi connectivity index (χ3n) is 4.02. The van der Waals surface area contributed by atoms with Crippen LogP contribution < -0.4 is 4.74 Å². The van der Waals surface area contributed by atoms with Crippen molar-refractivity contribution in [2.45, 2.75) is 17.7 Å². The van der Waals surface area contributed by atoms with E-state index in [0.29, 0.717) is 18.7 Å². The first kappa shape index (κ1) is 17.8. The predicted molar refractivity (Wildman–Crippen MR) is 92.3 cm³/mol. The molecule has 26 heavy (non-hydrogen) atoms. The number of nitro groups is 1. The molecule has 1 aliphatic heterocycles. The standard InChI is InChI=1S/C17H15N3O5S/c18-12-13-4-3-5-14(10-13)25-17-7-6-15(11-16(17)20(21)22)26(23,24)19-8-1-2-9-19/h3-7,10-11H,1-2,8-9H2. The highest BCUT2D eigenvalue weighted by atomic mass is 32.2. The fourth-order valence-corrected chi connectivity index (χ4v) is 4.26. The Morgan fingerprint density at radius 2 is 1.88 bits per heavy atom. The van der Waals surface area contributed by atoms with Crippen LogP contribution in [0.5, 0.6) is 11.5 Å². The van der Waals surface area contributed by atoms with E-state index in [4.69, 9.17) is 10.00 Å². The second-order valence-corrected chi connectivity index (χ2v) is 7.68. The summed E-state index contributed by atoms with van der Waals surface area (Å²) in [6, 6.07) is 11.7. The van der Waals surface area contributed by atoms with Crippen molar-refractivity contribution in [3.8, 4) is 17.6 Å². The lowest BCUT2D eigenvalue weighted by Gasteiger charge is -2.15. The SMILES string of the molecule is N#Cc1cccc(Oc2ccc(S(=O)(=O)N3CCCC3)cc2[N+](=O)[O-])c1. The molecule has 0 N–H and O–H groups in total. The summed E-state index contributed by atoms with van der Waals surface area (Å²) < 4.78 is 32.0. The smallest absolute Gasteiger partial charge is 0.312 e. The molecule has 0 spiro atoms. The molecular formula is C17H15N3O5S. The van der Waals surface area contributed by atoms with Gasteiger partial charge in [0.15, 0.2) is 0 Å². The Morgan fingerprint density at radius 1 is 1.15 bits per heavy atom. The molecule has 0 aromatic heterocycles. The van der Waals surface area contributed by atoms with Gasteiger partial charge in [0.2, 0.25) is 15.8 Å². The van der Waals surface area contributed by atoms with Gasteiger partial charge in [-0.3, -0.25) is 10.1 Å². The minimum absolute atomic E-state index is 0.0922. The Kier molecular flexibility index (Phi) is 4.88. The van der Waals surface area contributed by atoms with Crippen molar-refractivity contribution in [2.75, 3.05) is 13.1 Å². The van der Waals surface area contributed by atoms with Crippen LogP contribution in [0.3, 0.4) is 0 Å². The summed E-state index contributed by atoms with van der Waals surface area (Å²) in [5.41, 5.74) is -0.106. The Labute approximate surface area is 150 Å². The topological polar surface area (TPSA) is 114 Å². The van der Waals surface area contributed by atoms with Crippen LogP contribution in [-0.4, -0.2) is 30.7 Å². The van der Waals surface area contributed by atoms with E-state index < -0.39 is 20.6 Å². The molecule has 3 rings (SSSR count). The van der Waals surface area contributed by atoms with Crippen LogP contribution in [0.15, 0.2) is 47.4 Å². The highest BCUT2D eigenvalue weighted by Crippen LogP contribution is 2.34. The predicted octanol–water partition coefficient (Wildman–Crippen LogP) is 3.04. The van der Waals surface area contributed by atoms with Gasteiger partial charge in [0.1, 0.15) is 5.75 Å². The molecule has 1 saturated heterocycles. The zero-order valence-electron chi connectivity index (χ0n) is 13.7. The normalized spacial score (nSPS) is 14.7. The second-order valence-electron chi connectivity index (χ2n) is 5.74. The Hall–Kier alpha value is -2.96. The molecule has 0 unspecified atom stereocenters. The third-order valence-corrected chi connectivity index (χ3v) is 5.92. The molecule has 0 radical (unpaired) electrons. The van der Waals surface area contributed by atoms with Gasteiger partial charge in [-0.15, -0.1) is 0 Å². The number of nitro benzene ring substituents is 1. The van der Waals surface area contributed by atoms with Gasteiger partial charge in [0.25, 0.3) is 0 Å². The number of benzene rings is 2. The highest BCUT2D eigenvalue weighted by Gasteiger charge is 2.30. The first-order valence-corrected chi connectivity index (χ1v) is 9.32. The van der Waals surface area contributed by atoms with Gasteiger partial charge < -0.3 is 4.74 Å². The number of nitrogens with zero attached hydrogens (tertiary/aromatic N) is 3. The summed E-state index contributed by atoms with van der Waals surface area (Å²) in [5, 5.41) is 20.3. The zero-order chi connectivity index (χ0) is 18.7. The van der Waals surface area contributed by atoms with E-state index >= 15 is 0 Å². The summed E-state index contributed by atoms with van der Waals surface area (Å²) in [5.74, 6) is 0.160. The number of sulfonamides is 1. The van der Waals surface area contributed by atoms with Crippen molar-refractivity contribution in [3.63, 3.8) is 0 Å². The van der Waals surface area contributed by atoms with E-state index in [-0.39, 0.29) is 16.4 Å². The van der Waals surface area contributed by atoms with Crippen molar-refractivity contribution in [3.05, 3.63) is 58.1 Å². The van der Waals surface area contributed by atoms with E-state index in [0.717, 1.165) is 18.9 Å². The molecule has 8 nitrogen and oxygen atoms in total. The minimum atomic E-state index is -3.76. The van der Waals surface area contributed by atoms with E-state index in [1.165, 1.54) is 22.5 Å². The van der Waals surface area contributed by atoms with Crippen molar-refractivity contribution >= 4 is 15.7 Å². The highest BCUT2D eigenvalue weighted by molar-refractivity contribution is 7.89. The summed E-state index contributed by atoms with van der Waals surface area (Å²) in [6.07, 6.45) is 1.55. The lowest BCUT2D eigenvalue weighted by molar-refractivity contribution is -0.385. The van der Waals surface area contributed by atoms with Crippen LogP contribution in [0.25, 0.3) is 0 Å². The molecule has 0 bridgehead atoms. The van der Waals surface area contributed by atoms with Gasteiger partial charge in [-0.2, -0.15) is 9.57 Å². The van der Waals surface area contributed by atoms with Crippen LogP contribution in [0.2, 0.25) is 0 Å². The maximum Gasteiger partial charge on any atom is 0.312 e. The van der Waals surface area contributed by atoms with Crippen molar-refractivity contribution in [1.82, 2.24) is 4.31 Å². The van der Waals surface area contributed by atoms with Crippen LogP contribution >= 0.6 is 0 Å². The first-order chi connectivity index (χ1) is 12.4. The molecule has 2 aromatic rings. The quantitative estimate of drug-likeness (QED) is 0.588. The van der Waals surface area contributed by atoms with Gasteiger partial charge in [-0.05, 0) is 43.2 Å². The van der Waals surface area contributed by atoms with Gasteiger partial charge in [0.05, 0.1) is 21.5 Å². The van der Waals surface area contributed by atoms with E-state index in [9.17, 15) is 18.5 Å². The summed E-state index contributed by atoms with van der Waals surface area (Å²) >= 11 is 0. The molecule has 0 atom stereocenters. The molecular weight excluding hydrogens is 358 g/mol. The first-order valence-electron chi connectivity index (χ1n) is 7.88. The lowest BCUT2D eigenvalue weighted by atomic mass is 10.2. The molecule has 0 aliphatic carbocycles. The second kappa shape index (κ2) is 7.11. The molecule has 2 aromatic carbocycles. The number of ether oxygens (including phenoxy) is 1. The van der Waals surface area contributed by atoms with Crippen molar-refractivity contribution < 1.29 is 18.1 Å². The van der Waals surface area contributed by atoms with Crippen LogP contribution in [0.1, 0.15) is 18.4 Å². The Balaban J connectivity index is 1.97. The maximum absolute atomic E-state index is 12.6. The molecule has 1 fully saturated rings. The van der Waals surface area contributed by atoms with Gasteiger partial charge in [0, 0.05) is 19.2 Å². The van der Waals surface area contributed by atoms with E-state index in [1.807, 2.05) is 6.07 Å². The summed E-state index contributed by atoms with van der Waals surface area (Å²) in [4.78, 5) is 10.6. The Bertz CT molecular complexity index is 992. The fraction of sp³-hybridized carbons (Fsp3) is 0.235. The monoisotopic (exact) mass is 373 g/mol. The van der Waals surface area contributed by atoms with Gasteiger partial charge in [-0.1, -0.05) is 6.07 Å². The summed E-state index contributed by atoms with van der Waals surface area (Å²) in [7, 11) is -3.76. The van der Waals surface area contributed by atoms with Gasteiger partial charge in [-0.25, -0.2) is 8.42 Å². The van der Waals surface area contributed by atoms with Crippen molar-refractivity contribution in [2.24, 2.45) is 0 Å². The van der Waals surface area contributed by atoms with E-state index in [1.54, 1.807) is 18.2 Å². The molecule has 0 saturated carbocycles. The average Bonchev–Trinajstić information content (AvgIpc) is 3.17. The molecule has 134 valence electrons.